The van der Waals surface area contributed by atoms with Crippen molar-refractivity contribution in [2.24, 2.45) is 5.92 Å². The largest absolute Gasteiger partial charge is 0.381 e. The predicted octanol–water partition coefficient (Wildman–Crippen LogP) is 2.86. The molecule has 1 aliphatic rings. The Hall–Kier alpha value is -0.930. The van der Waals surface area contributed by atoms with Gasteiger partial charge in [0.1, 0.15) is 0 Å². The van der Waals surface area contributed by atoms with E-state index in [9.17, 15) is 0 Å². The van der Waals surface area contributed by atoms with E-state index >= 15 is 0 Å². The zero-order chi connectivity index (χ0) is 12.8. The fourth-order valence-corrected chi connectivity index (χ4v) is 2.62. The third-order valence-corrected chi connectivity index (χ3v) is 3.65. The van der Waals surface area contributed by atoms with Gasteiger partial charge in [0.05, 0.1) is 5.69 Å². The van der Waals surface area contributed by atoms with Crippen molar-refractivity contribution in [3.8, 4) is 0 Å². The summed E-state index contributed by atoms with van der Waals surface area (Å²) in [7, 11) is 0. The Labute approximate surface area is 110 Å². The van der Waals surface area contributed by atoms with Crippen LogP contribution in [0.4, 0.5) is 0 Å². The Morgan fingerprint density at radius 2 is 2.22 bits per heavy atom. The fraction of sp³-hybridized carbons (Fsp3) is 0.667. The molecule has 0 aliphatic carbocycles. The number of aromatic nitrogens is 1. The van der Waals surface area contributed by atoms with Crippen LogP contribution in [0.2, 0.25) is 0 Å². The van der Waals surface area contributed by atoms with Crippen molar-refractivity contribution in [3.05, 3.63) is 29.6 Å². The molecule has 100 valence electrons. The van der Waals surface area contributed by atoms with Crippen molar-refractivity contribution in [1.82, 2.24) is 10.3 Å². The maximum absolute atomic E-state index is 5.43. The summed E-state index contributed by atoms with van der Waals surface area (Å²) in [4.78, 5) is 4.53. The Bertz CT molecular complexity index is 361. The Morgan fingerprint density at radius 1 is 1.44 bits per heavy atom. The summed E-state index contributed by atoms with van der Waals surface area (Å²) < 4.78 is 5.43. The van der Waals surface area contributed by atoms with Gasteiger partial charge in [-0.15, -0.1) is 0 Å². The van der Waals surface area contributed by atoms with E-state index in [2.05, 4.69) is 36.3 Å². The molecule has 1 saturated heterocycles. The normalized spacial score (nSPS) is 18.8. The third-order valence-electron chi connectivity index (χ3n) is 3.65. The van der Waals surface area contributed by atoms with E-state index in [1.807, 2.05) is 6.20 Å². The van der Waals surface area contributed by atoms with E-state index in [0.717, 1.165) is 25.7 Å². The molecule has 0 radical (unpaired) electrons. The number of ether oxygens (including phenoxy) is 1. The van der Waals surface area contributed by atoms with Gasteiger partial charge in [-0.2, -0.15) is 0 Å². The van der Waals surface area contributed by atoms with Crippen LogP contribution in [0.3, 0.4) is 0 Å². The van der Waals surface area contributed by atoms with Crippen molar-refractivity contribution in [1.29, 1.82) is 0 Å². The highest BCUT2D eigenvalue weighted by Gasteiger charge is 2.20. The molecule has 0 saturated carbocycles. The van der Waals surface area contributed by atoms with Gasteiger partial charge in [-0.05, 0) is 56.3 Å². The van der Waals surface area contributed by atoms with Crippen molar-refractivity contribution in [2.45, 2.75) is 39.2 Å². The molecule has 0 spiro atoms. The van der Waals surface area contributed by atoms with Crippen molar-refractivity contribution in [3.63, 3.8) is 0 Å². The highest BCUT2D eigenvalue weighted by molar-refractivity contribution is 5.17. The number of nitrogens with one attached hydrogen (secondary N) is 1. The molecular weight excluding hydrogens is 224 g/mol. The number of hydrogen-bond donors (Lipinski definition) is 1. The summed E-state index contributed by atoms with van der Waals surface area (Å²) in [6.07, 6.45) is 5.47. The maximum atomic E-state index is 5.43. The van der Waals surface area contributed by atoms with Gasteiger partial charge in [-0.25, -0.2) is 0 Å². The highest BCUT2D eigenvalue weighted by Crippen LogP contribution is 2.26. The number of rotatable bonds is 5. The van der Waals surface area contributed by atoms with Crippen LogP contribution in [-0.2, 0) is 4.74 Å². The molecular formula is C15H24N2O. The number of hydrogen-bond acceptors (Lipinski definition) is 3. The van der Waals surface area contributed by atoms with E-state index in [-0.39, 0.29) is 0 Å². The fourth-order valence-electron chi connectivity index (χ4n) is 2.62. The minimum absolute atomic E-state index is 0.387. The Balaban J connectivity index is 2.02. The molecule has 0 bridgehead atoms. The average Bonchev–Trinajstić information content (AvgIpc) is 2.39. The monoisotopic (exact) mass is 248 g/mol. The van der Waals surface area contributed by atoms with E-state index in [1.54, 1.807) is 0 Å². The van der Waals surface area contributed by atoms with E-state index in [0.29, 0.717) is 6.04 Å². The summed E-state index contributed by atoms with van der Waals surface area (Å²) >= 11 is 0. The van der Waals surface area contributed by atoms with E-state index in [4.69, 9.17) is 4.74 Å². The van der Waals surface area contributed by atoms with Gasteiger partial charge >= 0.3 is 0 Å². The second-order valence-electron chi connectivity index (χ2n) is 5.16. The second-order valence-corrected chi connectivity index (χ2v) is 5.16. The number of nitrogens with zero attached hydrogens (tertiary/aromatic N) is 1. The minimum Gasteiger partial charge on any atom is -0.381 e. The molecule has 0 amide bonds. The highest BCUT2D eigenvalue weighted by atomic mass is 16.5. The quantitative estimate of drug-likeness (QED) is 0.870. The van der Waals surface area contributed by atoms with E-state index in [1.165, 1.54) is 30.5 Å². The Morgan fingerprint density at radius 3 is 2.89 bits per heavy atom. The van der Waals surface area contributed by atoms with Gasteiger partial charge in [-0.3, -0.25) is 4.98 Å². The Kier molecular flexibility index (Phi) is 5.14. The molecule has 2 rings (SSSR count). The average molecular weight is 248 g/mol. The zero-order valence-corrected chi connectivity index (χ0v) is 11.5. The van der Waals surface area contributed by atoms with Crippen LogP contribution in [-0.4, -0.2) is 24.7 Å². The zero-order valence-electron chi connectivity index (χ0n) is 11.5. The first-order chi connectivity index (χ1) is 8.79. The topological polar surface area (TPSA) is 34.1 Å². The van der Waals surface area contributed by atoms with E-state index < -0.39 is 0 Å². The lowest BCUT2D eigenvalue weighted by atomic mass is 9.91. The van der Waals surface area contributed by atoms with Gasteiger partial charge in [0.25, 0.3) is 0 Å². The van der Waals surface area contributed by atoms with Crippen LogP contribution in [0.1, 0.15) is 43.5 Å². The van der Waals surface area contributed by atoms with Gasteiger partial charge in [0, 0.05) is 25.5 Å². The SMILES string of the molecule is CCNC(CC1CCOCC1)c1cc(C)ccn1. The lowest BCUT2D eigenvalue weighted by Gasteiger charge is -2.27. The van der Waals surface area contributed by atoms with Crippen LogP contribution < -0.4 is 5.32 Å². The summed E-state index contributed by atoms with van der Waals surface area (Å²) in [5, 5.41) is 3.57. The first kappa shape index (κ1) is 13.5. The van der Waals surface area contributed by atoms with Crippen LogP contribution in [0.15, 0.2) is 18.3 Å². The molecule has 1 aromatic rings. The molecule has 3 heteroatoms. The van der Waals surface area contributed by atoms with Gasteiger partial charge in [0.15, 0.2) is 0 Å². The number of aryl methyl sites for hydroxylation is 1. The van der Waals surface area contributed by atoms with Crippen LogP contribution in [0.25, 0.3) is 0 Å². The molecule has 1 N–H and O–H groups in total. The summed E-state index contributed by atoms with van der Waals surface area (Å²) in [5.41, 5.74) is 2.47. The van der Waals surface area contributed by atoms with Gasteiger partial charge < -0.3 is 10.1 Å². The predicted molar refractivity (Wildman–Crippen MR) is 73.6 cm³/mol. The van der Waals surface area contributed by atoms with Gasteiger partial charge in [-0.1, -0.05) is 6.92 Å². The molecule has 3 nitrogen and oxygen atoms in total. The maximum Gasteiger partial charge on any atom is 0.0575 e. The van der Waals surface area contributed by atoms with Crippen LogP contribution >= 0.6 is 0 Å². The number of pyridine rings is 1. The van der Waals surface area contributed by atoms with Crippen LogP contribution in [0, 0.1) is 12.8 Å². The molecule has 1 atom stereocenters. The summed E-state index contributed by atoms with van der Waals surface area (Å²) in [6, 6.07) is 4.64. The molecule has 1 fully saturated rings. The van der Waals surface area contributed by atoms with Crippen molar-refractivity contribution >= 4 is 0 Å². The second kappa shape index (κ2) is 6.86. The van der Waals surface area contributed by atoms with Crippen LogP contribution in [0.5, 0.6) is 0 Å². The summed E-state index contributed by atoms with van der Waals surface area (Å²) in [5.74, 6) is 0.769. The standard InChI is InChI=1S/C15H24N2O/c1-3-16-15(11-13-5-8-18-9-6-13)14-10-12(2)4-7-17-14/h4,7,10,13,15-16H,3,5-6,8-9,11H2,1-2H3. The van der Waals surface area contributed by atoms with Crippen molar-refractivity contribution in [2.75, 3.05) is 19.8 Å². The molecule has 1 unspecified atom stereocenters. The molecule has 1 aromatic heterocycles. The van der Waals surface area contributed by atoms with Crippen molar-refractivity contribution < 1.29 is 4.74 Å². The molecule has 18 heavy (non-hydrogen) atoms. The lowest BCUT2D eigenvalue weighted by Crippen LogP contribution is -2.27. The van der Waals surface area contributed by atoms with Gasteiger partial charge in [0.2, 0.25) is 0 Å². The minimum atomic E-state index is 0.387. The smallest absolute Gasteiger partial charge is 0.0575 e. The first-order valence-corrected chi connectivity index (χ1v) is 7.03. The molecule has 0 aromatic carbocycles. The third kappa shape index (κ3) is 3.79. The molecule has 1 aliphatic heterocycles. The first-order valence-electron chi connectivity index (χ1n) is 7.03. The molecule has 2 heterocycles. The summed E-state index contributed by atoms with van der Waals surface area (Å²) in [6.45, 7) is 7.12. The lowest BCUT2D eigenvalue weighted by molar-refractivity contribution is 0.0604.